The molecule has 134 valence electrons. The largest absolute Gasteiger partial charge is 0.460 e. The summed E-state index contributed by atoms with van der Waals surface area (Å²) in [6.07, 6.45) is 0. The van der Waals surface area contributed by atoms with E-state index < -0.39 is 5.92 Å². The Balaban J connectivity index is 1.41. The minimum atomic E-state index is -0.514. The van der Waals surface area contributed by atoms with Gasteiger partial charge < -0.3 is 18.9 Å². The molecule has 0 saturated heterocycles. The van der Waals surface area contributed by atoms with Gasteiger partial charge in [-0.2, -0.15) is 0 Å². The Morgan fingerprint density at radius 2 is 1.52 bits per heavy atom. The van der Waals surface area contributed by atoms with Gasteiger partial charge in [0.05, 0.1) is 0 Å². The smallest absolute Gasteiger partial charge is 0.318 e. The molecule has 0 bridgehead atoms. The maximum absolute atomic E-state index is 13.0. The Bertz CT molecular complexity index is 981. The van der Waals surface area contributed by atoms with E-state index in [-0.39, 0.29) is 19.4 Å². The van der Waals surface area contributed by atoms with Crippen LogP contribution in [-0.4, -0.2) is 12.8 Å². The molecule has 0 radical (unpaired) electrons. The van der Waals surface area contributed by atoms with Crippen LogP contribution in [0.15, 0.2) is 66.7 Å². The highest BCUT2D eigenvalue weighted by molar-refractivity contribution is 5.85. The molecule has 5 heteroatoms. The van der Waals surface area contributed by atoms with Crippen LogP contribution >= 0.6 is 0 Å². The van der Waals surface area contributed by atoms with Crippen molar-refractivity contribution in [1.82, 2.24) is 0 Å². The summed E-state index contributed by atoms with van der Waals surface area (Å²) in [7, 11) is 0. The molecule has 2 heterocycles. The number of carbonyl (C=O) groups excluding carboxylic acids is 1. The van der Waals surface area contributed by atoms with Gasteiger partial charge in [0.2, 0.25) is 6.79 Å². The first-order valence-corrected chi connectivity index (χ1v) is 8.70. The minimum absolute atomic E-state index is 0.164. The zero-order valence-electron chi connectivity index (χ0n) is 14.4. The Morgan fingerprint density at radius 3 is 2.26 bits per heavy atom. The monoisotopic (exact) mass is 360 g/mol. The van der Waals surface area contributed by atoms with Crippen molar-refractivity contribution >= 4 is 5.97 Å². The first-order chi connectivity index (χ1) is 13.3. The highest BCUT2D eigenvalue weighted by atomic mass is 16.7. The molecule has 5 rings (SSSR count). The predicted molar refractivity (Wildman–Crippen MR) is 97.2 cm³/mol. The summed E-state index contributed by atoms with van der Waals surface area (Å²) in [4.78, 5) is 13.0. The molecule has 0 N–H and O–H groups in total. The highest BCUT2D eigenvalue weighted by Gasteiger charge is 2.33. The van der Waals surface area contributed by atoms with Gasteiger partial charge in [0, 0.05) is 11.1 Å². The van der Waals surface area contributed by atoms with Crippen molar-refractivity contribution < 1.29 is 23.7 Å². The second-order valence-electron chi connectivity index (χ2n) is 6.41. The van der Waals surface area contributed by atoms with Crippen LogP contribution in [0.2, 0.25) is 0 Å². The lowest BCUT2D eigenvalue weighted by Crippen LogP contribution is -2.21. The lowest BCUT2D eigenvalue weighted by atomic mass is 9.88. The van der Waals surface area contributed by atoms with Crippen molar-refractivity contribution in [2.24, 2.45) is 0 Å². The third-order valence-electron chi connectivity index (χ3n) is 4.73. The number of fused-ring (bicyclic) bond motifs is 3. The Labute approximate surface area is 156 Å². The third kappa shape index (κ3) is 2.77. The minimum Gasteiger partial charge on any atom is -0.460 e. The number of carbonyl (C=O) groups is 1. The van der Waals surface area contributed by atoms with Gasteiger partial charge in [0.25, 0.3) is 0 Å². The summed E-state index contributed by atoms with van der Waals surface area (Å²) in [6.45, 7) is 0.380. The Morgan fingerprint density at radius 1 is 0.852 bits per heavy atom. The van der Waals surface area contributed by atoms with E-state index in [1.54, 1.807) is 0 Å². The second-order valence-corrected chi connectivity index (χ2v) is 6.41. The normalized spacial score (nSPS) is 14.1. The molecule has 0 amide bonds. The molecule has 0 fully saturated rings. The van der Waals surface area contributed by atoms with E-state index in [4.69, 9.17) is 18.9 Å². The Kier molecular flexibility index (Phi) is 3.71. The molecule has 3 aromatic rings. The van der Waals surface area contributed by atoms with Gasteiger partial charge in [0.1, 0.15) is 24.0 Å². The fourth-order valence-electron chi connectivity index (χ4n) is 3.43. The van der Waals surface area contributed by atoms with E-state index in [1.165, 1.54) is 0 Å². The fourth-order valence-corrected chi connectivity index (χ4v) is 3.43. The topological polar surface area (TPSA) is 54.0 Å². The summed E-state index contributed by atoms with van der Waals surface area (Å²) >= 11 is 0. The zero-order valence-corrected chi connectivity index (χ0v) is 14.4. The quantitative estimate of drug-likeness (QED) is 0.648. The average Bonchev–Trinajstić information content (AvgIpc) is 3.18. The first kappa shape index (κ1) is 15.8. The van der Waals surface area contributed by atoms with Crippen molar-refractivity contribution in [1.29, 1.82) is 0 Å². The number of benzene rings is 3. The number of hydrogen-bond donors (Lipinski definition) is 0. The average molecular weight is 360 g/mol. The Hall–Kier alpha value is -3.47. The SMILES string of the molecule is O=C(OCc1ccc2c(c1)OCO2)C1c2ccccc2Oc2ccccc21. The molecule has 3 aromatic carbocycles. The summed E-state index contributed by atoms with van der Waals surface area (Å²) in [6, 6.07) is 20.6. The van der Waals surface area contributed by atoms with E-state index in [0.717, 1.165) is 16.7 Å². The van der Waals surface area contributed by atoms with Gasteiger partial charge in [0.15, 0.2) is 11.5 Å². The maximum Gasteiger partial charge on any atom is 0.318 e. The second kappa shape index (κ2) is 6.36. The lowest BCUT2D eigenvalue weighted by molar-refractivity contribution is -0.145. The number of hydrogen-bond acceptors (Lipinski definition) is 5. The van der Waals surface area contributed by atoms with Crippen molar-refractivity contribution in [3.63, 3.8) is 0 Å². The number of para-hydroxylation sites is 2. The van der Waals surface area contributed by atoms with Gasteiger partial charge in [-0.15, -0.1) is 0 Å². The molecule has 2 aliphatic rings. The number of esters is 1. The molecule has 0 atom stereocenters. The van der Waals surface area contributed by atoms with Gasteiger partial charge in [-0.25, -0.2) is 0 Å². The molecule has 0 aliphatic carbocycles. The molecule has 0 spiro atoms. The summed E-state index contributed by atoms with van der Waals surface area (Å²) in [5, 5.41) is 0. The van der Waals surface area contributed by atoms with Gasteiger partial charge in [-0.1, -0.05) is 42.5 Å². The van der Waals surface area contributed by atoms with Crippen LogP contribution in [0.5, 0.6) is 23.0 Å². The summed E-state index contributed by atoms with van der Waals surface area (Å²) in [5.74, 6) is 1.92. The third-order valence-corrected chi connectivity index (χ3v) is 4.73. The first-order valence-electron chi connectivity index (χ1n) is 8.70. The van der Waals surface area contributed by atoms with Gasteiger partial charge in [-0.3, -0.25) is 4.79 Å². The van der Waals surface area contributed by atoms with Crippen molar-refractivity contribution in [2.75, 3.05) is 6.79 Å². The molecule has 5 nitrogen and oxygen atoms in total. The number of rotatable bonds is 3. The van der Waals surface area contributed by atoms with E-state index in [2.05, 4.69) is 0 Å². The highest BCUT2D eigenvalue weighted by Crippen LogP contribution is 2.44. The van der Waals surface area contributed by atoms with Crippen LogP contribution in [-0.2, 0) is 16.1 Å². The molecule has 27 heavy (non-hydrogen) atoms. The van der Waals surface area contributed by atoms with Crippen LogP contribution in [0.25, 0.3) is 0 Å². The van der Waals surface area contributed by atoms with E-state index >= 15 is 0 Å². The van der Waals surface area contributed by atoms with Crippen LogP contribution in [0.3, 0.4) is 0 Å². The molecular weight excluding hydrogens is 344 g/mol. The van der Waals surface area contributed by atoms with Crippen LogP contribution < -0.4 is 14.2 Å². The standard InChI is InChI=1S/C22H16O5/c23-22(24-12-14-9-10-19-20(11-14)26-13-25-19)21-15-5-1-3-7-17(15)27-18-8-4-2-6-16(18)21/h1-11,21H,12-13H2. The molecule has 2 aliphatic heterocycles. The van der Waals surface area contributed by atoms with Crippen molar-refractivity contribution in [3.8, 4) is 23.0 Å². The molecule has 0 aromatic heterocycles. The fraction of sp³-hybridized carbons (Fsp3) is 0.136. The van der Waals surface area contributed by atoms with Crippen LogP contribution in [0.1, 0.15) is 22.6 Å². The summed E-state index contributed by atoms with van der Waals surface area (Å²) < 4.78 is 22.3. The van der Waals surface area contributed by atoms with Crippen molar-refractivity contribution in [2.45, 2.75) is 12.5 Å². The predicted octanol–water partition coefficient (Wildman–Crippen LogP) is 4.40. The van der Waals surface area contributed by atoms with Crippen LogP contribution in [0, 0.1) is 0 Å². The molecular formula is C22H16O5. The maximum atomic E-state index is 13.0. The van der Waals surface area contributed by atoms with Gasteiger partial charge >= 0.3 is 5.97 Å². The summed E-state index contributed by atoms with van der Waals surface area (Å²) in [5.41, 5.74) is 2.47. The van der Waals surface area contributed by atoms with Crippen molar-refractivity contribution in [3.05, 3.63) is 83.4 Å². The number of ether oxygens (including phenoxy) is 4. The zero-order chi connectivity index (χ0) is 18.2. The van der Waals surface area contributed by atoms with Gasteiger partial charge in [-0.05, 0) is 29.8 Å². The molecule has 0 unspecified atom stereocenters. The van der Waals surface area contributed by atoms with E-state index in [1.807, 2.05) is 66.7 Å². The van der Waals surface area contributed by atoms with E-state index in [9.17, 15) is 4.79 Å². The van der Waals surface area contributed by atoms with E-state index in [0.29, 0.717) is 23.0 Å². The molecule has 0 saturated carbocycles. The lowest BCUT2D eigenvalue weighted by Gasteiger charge is -2.26. The van der Waals surface area contributed by atoms with Crippen LogP contribution in [0.4, 0.5) is 0 Å².